The maximum Gasteiger partial charge on any atom is 0.309 e. The van der Waals surface area contributed by atoms with E-state index in [4.69, 9.17) is 0 Å². The van der Waals surface area contributed by atoms with Gasteiger partial charge < -0.3 is 10.1 Å². The second-order valence-electron chi connectivity index (χ2n) is 3.11. The van der Waals surface area contributed by atoms with Gasteiger partial charge in [0.25, 0.3) is 0 Å². The van der Waals surface area contributed by atoms with Crippen LogP contribution < -0.4 is 5.32 Å². The first kappa shape index (κ1) is 11.7. The predicted octanol–water partition coefficient (Wildman–Crippen LogP) is 0.969. The Bertz CT molecular complexity index is 144. The molecule has 1 heterocycles. The van der Waals surface area contributed by atoms with E-state index < -0.39 is 0 Å². The van der Waals surface area contributed by atoms with E-state index in [1.54, 1.807) is 0 Å². The number of methoxy groups -OCH3 is 1. The Morgan fingerprint density at radius 3 is 2.58 bits per heavy atom. The Labute approximate surface area is 79.3 Å². The largest absolute Gasteiger partial charge is 0.469 e. The predicted molar refractivity (Wildman–Crippen MR) is 49.5 cm³/mol. The van der Waals surface area contributed by atoms with E-state index >= 15 is 0 Å². The quantitative estimate of drug-likeness (QED) is 0.631. The highest BCUT2D eigenvalue weighted by molar-refractivity contribution is 5.85. The Morgan fingerprint density at radius 1 is 1.50 bits per heavy atom. The minimum Gasteiger partial charge on any atom is -0.469 e. The number of rotatable bonds is 1. The van der Waals surface area contributed by atoms with Crippen molar-refractivity contribution in [1.82, 2.24) is 5.32 Å². The van der Waals surface area contributed by atoms with Gasteiger partial charge in [0.05, 0.1) is 13.0 Å². The Hall–Kier alpha value is -0.280. The maximum absolute atomic E-state index is 11.0. The molecule has 2 atom stereocenters. The SMILES string of the molecule is COC(=O)[C@@H]1CC[C@@H](C)NC1.Cl. The van der Waals surface area contributed by atoms with Crippen LogP contribution in [0.3, 0.4) is 0 Å². The lowest BCUT2D eigenvalue weighted by molar-refractivity contribution is -0.146. The Morgan fingerprint density at radius 2 is 2.17 bits per heavy atom. The smallest absolute Gasteiger partial charge is 0.309 e. The number of carbonyl (C=O) groups excluding carboxylic acids is 1. The number of esters is 1. The van der Waals surface area contributed by atoms with Crippen molar-refractivity contribution in [2.75, 3.05) is 13.7 Å². The Kier molecular flexibility index (Phi) is 5.25. The van der Waals surface area contributed by atoms with Crippen LogP contribution in [0, 0.1) is 5.92 Å². The summed E-state index contributed by atoms with van der Waals surface area (Å²) in [6.45, 7) is 2.90. The number of halogens is 1. The second kappa shape index (κ2) is 5.38. The van der Waals surface area contributed by atoms with Gasteiger partial charge in [0, 0.05) is 12.6 Å². The van der Waals surface area contributed by atoms with Crippen molar-refractivity contribution in [1.29, 1.82) is 0 Å². The molecular weight excluding hydrogens is 178 g/mol. The third kappa shape index (κ3) is 2.99. The normalized spacial score (nSPS) is 28.8. The highest BCUT2D eigenvalue weighted by Crippen LogP contribution is 2.14. The zero-order chi connectivity index (χ0) is 8.27. The van der Waals surface area contributed by atoms with Crippen LogP contribution in [0.4, 0.5) is 0 Å². The standard InChI is InChI=1S/C8H15NO2.ClH/c1-6-3-4-7(5-9-6)8(10)11-2;/h6-7,9H,3-5H2,1-2H3;1H/t6-,7-;/m1./s1. The zero-order valence-corrected chi connectivity index (χ0v) is 8.32. The number of nitrogens with one attached hydrogen (secondary N) is 1. The third-order valence-electron chi connectivity index (χ3n) is 2.20. The van der Waals surface area contributed by atoms with Crippen LogP contribution in [0.5, 0.6) is 0 Å². The molecule has 1 rings (SSSR count). The summed E-state index contributed by atoms with van der Waals surface area (Å²) in [7, 11) is 1.44. The summed E-state index contributed by atoms with van der Waals surface area (Å²) in [4.78, 5) is 11.0. The van der Waals surface area contributed by atoms with Crippen molar-refractivity contribution >= 4 is 18.4 Å². The molecule has 4 heteroatoms. The molecule has 0 bridgehead atoms. The summed E-state index contributed by atoms with van der Waals surface area (Å²) < 4.78 is 4.65. The van der Waals surface area contributed by atoms with Gasteiger partial charge in [-0.05, 0) is 19.8 Å². The lowest BCUT2D eigenvalue weighted by Crippen LogP contribution is -2.40. The number of carbonyl (C=O) groups is 1. The van der Waals surface area contributed by atoms with Gasteiger partial charge in [-0.15, -0.1) is 12.4 Å². The van der Waals surface area contributed by atoms with Crippen molar-refractivity contribution in [3.05, 3.63) is 0 Å². The first-order valence-corrected chi connectivity index (χ1v) is 4.05. The molecular formula is C8H16ClNO2. The fraction of sp³-hybridized carbons (Fsp3) is 0.875. The van der Waals surface area contributed by atoms with Gasteiger partial charge in [-0.1, -0.05) is 0 Å². The zero-order valence-electron chi connectivity index (χ0n) is 7.50. The van der Waals surface area contributed by atoms with Gasteiger partial charge >= 0.3 is 5.97 Å². The van der Waals surface area contributed by atoms with Crippen molar-refractivity contribution in [3.63, 3.8) is 0 Å². The van der Waals surface area contributed by atoms with Crippen molar-refractivity contribution < 1.29 is 9.53 Å². The van der Waals surface area contributed by atoms with Gasteiger partial charge in [-0.2, -0.15) is 0 Å². The monoisotopic (exact) mass is 193 g/mol. The molecule has 1 saturated heterocycles. The molecule has 0 aliphatic carbocycles. The van der Waals surface area contributed by atoms with Gasteiger partial charge in [-0.25, -0.2) is 0 Å². The number of piperidine rings is 1. The second-order valence-corrected chi connectivity index (χ2v) is 3.11. The van der Waals surface area contributed by atoms with E-state index in [0.717, 1.165) is 19.4 Å². The van der Waals surface area contributed by atoms with Crippen LogP contribution in [0.25, 0.3) is 0 Å². The molecule has 0 aromatic carbocycles. The number of hydrogen-bond acceptors (Lipinski definition) is 3. The minimum absolute atomic E-state index is 0. The summed E-state index contributed by atoms with van der Waals surface area (Å²) >= 11 is 0. The third-order valence-corrected chi connectivity index (χ3v) is 2.20. The fourth-order valence-corrected chi connectivity index (χ4v) is 1.37. The van der Waals surface area contributed by atoms with Crippen LogP contribution in [0.2, 0.25) is 0 Å². The molecule has 0 radical (unpaired) electrons. The molecule has 0 aromatic heterocycles. The van der Waals surface area contributed by atoms with E-state index in [1.807, 2.05) is 0 Å². The molecule has 0 spiro atoms. The average molecular weight is 194 g/mol. The minimum atomic E-state index is -0.0793. The molecule has 1 aliphatic rings. The molecule has 0 amide bonds. The summed E-state index contributed by atoms with van der Waals surface area (Å²) in [6, 6.07) is 0.552. The molecule has 0 aromatic rings. The van der Waals surface area contributed by atoms with E-state index in [2.05, 4.69) is 17.0 Å². The van der Waals surface area contributed by atoms with E-state index in [9.17, 15) is 4.79 Å². The van der Waals surface area contributed by atoms with Gasteiger partial charge in [0.2, 0.25) is 0 Å². The number of ether oxygens (including phenoxy) is 1. The van der Waals surface area contributed by atoms with Crippen LogP contribution in [0.15, 0.2) is 0 Å². The van der Waals surface area contributed by atoms with Crippen molar-refractivity contribution in [2.45, 2.75) is 25.8 Å². The first-order valence-electron chi connectivity index (χ1n) is 4.05. The van der Waals surface area contributed by atoms with Crippen LogP contribution in [0.1, 0.15) is 19.8 Å². The number of hydrogen-bond donors (Lipinski definition) is 1. The van der Waals surface area contributed by atoms with Crippen LogP contribution >= 0.6 is 12.4 Å². The topological polar surface area (TPSA) is 38.3 Å². The molecule has 3 nitrogen and oxygen atoms in total. The molecule has 0 saturated carbocycles. The van der Waals surface area contributed by atoms with Crippen LogP contribution in [-0.4, -0.2) is 25.7 Å². The molecule has 1 fully saturated rings. The highest BCUT2D eigenvalue weighted by atomic mass is 35.5. The summed E-state index contributed by atoms with van der Waals surface area (Å²) in [5, 5.41) is 3.25. The molecule has 0 unspecified atom stereocenters. The lowest BCUT2D eigenvalue weighted by atomic mass is 9.96. The highest BCUT2D eigenvalue weighted by Gasteiger charge is 2.23. The molecule has 12 heavy (non-hydrogen) atoms. The van der Waals surface area contributed by atoms with Gasteiger partial charge in [0.1, 0.15) is 0 Å². The van der Waals surface area contributed by atoms with Crippen LogP contribution in [-0.2, 0) is 9.53 Å². The lowest BCUT2D eigenvalue weighted by Gasteiger charge is -2.25. The maximum atomic E-state index is 11.0. The summed E-state index contributed by atoms with van der Waals surface area (Å²) in [6.07, 6.45) is 2.03. The molecule has 1 N–H and O–H groups in total. The molecule has 72 valence electrons. The molecule has 1 aliphatic heterocycles. The van der Waals surface area contributed by atoms with Gasteiger partial charge in [-0.3, -0.25) is 4.79 Å². The summed E-state index contributed by atoms with van der Waals surface area (Å²) in [5.41, 5.74) is 0. The van der Waals surface area contributed by atoms with E-state index in [-0.39, 0.29) is 24.3 Å². The Balaban J connectivity index is 0.00000121. The average Bonchev–Trinajstić information content (AvgIpc) is 2.05. The fourth-order valence-electron chi connectivity index (χ4n) is 1.37. The summed E-state index contributed by atoms with van der Waals surface area (Å²) in [5.74, 6) is 0.000556. The van der Waals surface area contributed by atoms with Gasteiger partial charge in [0.15, 0.2) is 0 Å². The first-order chi connectivity index (χ1) is 5.24. The van der Waals surface area contributed by atoms with Crippen molar-refractivity contribution in [3.8, 4) is 0 Å². The van der Waals surface area contributed by atoms with E-state index in [1.165, 1.54) is 7.11 Å². The van der Waals surface area contributed by atoms with E-state index in [0.29, 0.717) is 6.04 Å². The van der Waals surface area contributed by atoms with Crippen molar-refractivity contribution in [2.24, 2.45) is 5.92 Å².